The highest BCUT2D eigenvalue weighted by Crippen LogP contribution is 2.35. The minimum Gasteiger partial charge on any atom is -0.383 e. The van der Waals surface area contributed by atoms with E-state index in [0.717, 1.165) is 17.5 Å². The number of aromatic nitrogens is 4. The number of aryl methyl sites for hydroxylation is 2. The van der Waals surface area contributed by atoms with Crippen molar-refractivity contribution in [3.05, 3.63) is 34.9 Å². The molecule has 1 aromatic carbocycles. The predicted octanol–water partition coefficient (Wildman–Crippen LogP) is 3.22. The van der Waals surface area contributed by atoms with E-state index >= 15 is 0 Å². The average Bonchev–Trinajstić information content (AvgIpc) is 3.10. The molecule has 0 unspecified atom stereocenters. The van der Waals surface area contributed by atoms with Gasteiger partial charge in [-0.2, -0.15) is 5.10 Å². The van der Waals surface area contributed by atoms with Crippen LogP contribution >= 0.6 is 0 Å². The number of hydrogen-bond donors (Lipinski definition) is 2. The zero-order valence-electron chi connectivity index (χ0n) is 16.8. The zero-order valence-corrected chi connectivity index (χ0v) is 16.8. The monoisotopic (exact) mass is 398 g/mol. The minimum atomic E-state index is -0.637. The van der Waals surface area contributed by atoms with Gasteiger partial charge in [-0.1, -0.05) is 13.8 Å². The molecule has 3 aromatic rings. The van der Waals surface area contributed by atoms with E-state index in [1.54, 1.807) is 19.1 Å². The maximum atomic E-state index is 14.5. The fourth-order valence-corrected chi connectivity index (χ4v) is 3.73. The van der Waals surface area contributed by atoms with Crippen molar-refractivity contribution >= 4 is 34.9 Å². The third-order valence-corrected chi connectivity index (χ3v) is 5.14. The molecule has 2 aromatic heterocycles. The summed E-state index contributed by atoms with van der Waals surface area (Å²) in [5.74, 6) is -0.932. The van der Waals surface area contributed by atoms with E-state index in [1.165, 1.54) is 11.6 Å². The topological polar surface area (TPSA) is 93.8 Å². The molecule has 0 atom stereocenters. The van der Waals surface area contributed by atoms with Crippen molar-refractivity contribution in [2.75, 3.05) is 17.2 Å². The first-order valence-electron chi connectivity index (χ1n) is 9.51. The lowest BCUT2D eigenvalue weighted by Gasteiger charge is -2.24. The molecule has 1 aliphatic heterocycles. The lowest BCUT2D eigenvalue weighted by Crippen LogP contribution is -2.27. The molecule has 29 heavy (non-hydrogen) atoms. The second kappa shape index (κ2) is 6.68. The van der Waals surface area contributed by atoms with Gasteiger partial charge >= 0.3 is 0 Å². The molecule has 9 heteroatoms. The molecule has 0 saturated heterocycles. The molecule has 3 heterocycles. The van der Waals surface area contributed by atoms with Crippen molar-refractivity contribution in [1.82, 2.24) is 19.3 Å². The van der Waals surface area contributed by atoms with Gasteiger partial charge in [-0.05, 0) is 26.0 Å². The predicted molar refractivity (Wildman–Crippen MR) is 108 cm³/mol. The number of imidazole rings is 1. The average molecular weight is 398 g/mol. The Kier molecular flexibility index (Phi) is 4.40. The first kappa shape index (κ1) is 19.1. The Balaban J connectivity index is 1.83. The molecule has 0 bridgehead atoms. The van der Waals surface area contributed by atoms with Crippen molar-refractivity contribution in [2.45, 2.75) is 40.8 Å². The second-order valence-corrected chi connectivity index (χ2v) is 8.11. The molecule has 0 aliphatic carbocycles. The summed E-state index contributed by atoms with van der Waals surface area (Å²) in [6, 6.07) is 3.45. The van der Waals surface area contributed by atoms with Crippen molar-refractivity contribution in [2.24, 2.45) is 5.41 Å². The van der Waals surface area contributed by atoms with Gasteiger partial charge in [0.25, 0.3) is 5.91 Å². The van der Waals surface area contributed by atoms with E-state index in [-0.39, 0.29) is 16.8 Å². The van der Waals surface area contributed by atoms with Gasteiger partial charge in [0.2, 0.25) is 5.95 Å². The number of halogens is 1. The lowest BCUT2D eigenvalue weighted by molar-refractivity contribution is 0.101. The summed E-state index contributed by atoms with van der Waals surface area (Å²) in [7, 11) is 0. The molecule has 2 N–H and O–H groups in total. The Morgan fingerprint density at radius 1 is 1.41 bits per heavy atom. The fraction of sp³-hybridized carbons (Fsp3) is 0.400. The highest BCUT2D eigenvalue weighted by molar-refractivity contribution is 6.04. The Morgan fingerprint density at radius 3 is 2.86 bits per heavy atom. The number of aldehydes is 1. The van der Waals surface area contributed by atoms with Crippen LogP contribution in [-0.2, 0) is 13.1 Å². The van der Waals surface area contributed by atoms with Crippen LogP contribution in [0, 0.1) is 18.2 Å². The molecule has 4 rings (SSSR count). The Hall–Kier alpha value is -3.23. The number of hydrogen-bond acceptors (Lipinski definition) is 5. The molecule has 1 aliphatic rings. The normalized spacial score (nSPS) is 15.1. The first-order valence-corrected chi connectivity index (χ1v) is 9.51. The molecule has 152 valence electrons. The largest absolute Gasteiger partial charge is 0.383 e. The Labute approximate surface area is 167 Å². The van der Waals surface area contributed by atoms with Gasteiger partial charge < -0.3 is 9.88 Å². The van der Waals surface area contributed by atoms with Gasteiger partial charge in [0.05, 0.1) is 22.4 Å². The highest BCUT2D eigenvalue weighted by atomic mass is 19.1. The molecule has 1 amide bonds. The van der Waals surface area contributed by atoms with Crippen LogP contribution < -0.4 is 10.6 Å². The summed E-state index contributed by atoms with van der Waals surface area (Å²) < 4.78 is 17.7. The van der Waals surface area contributed by atoms with E-state index in [0.29, 0.717) is 36.7 Å². The van der Waals surface area contributed by atoms with Crippen LogP contribution in [0.5, 0.6) is 0 Å². The lowest BCUT2D eigenvalue weighted by atomic mass is 9.94. The number of nitrogens with zero attached hydrogens (tertiary/aromatic N) is 4. The summed E-state index contributed by atoms with van der Waals surface area (Å²) in [5, 5.41) is 10.2. The van der Waals surface area contributed by atoms with Gasteiger partial charge in [-0.3, -0.25) is 19.6 Å². The van der Waals surface area contributed by atoms with E-state index in [2.05, 4.69) is 34.6 Å². The molecule has 0 fully saturated rings. The molecule has 8 nitrogen and oxygen atoms in total. The summed E-state index contributed by atoms with van der Waals surface area (Å²) in [6.45, 7) is 9.16. The molecule has 0 radical (unpaired) electrons. The SMILES string of the molecule is CCn1nc(C)c(F)c1C(=O)Nc1nc2cc(C=O)cc3c2n1CC(C)(C)CN3. The van der Waals surface area contributed by atoms with E-state index < -0.39 is 11.7 Å². The van der Waals surface area contributed by atoms with Crippen molar-refractivity contribution in [1.29, 1.82) is 0 Å². The van der Waals surface area contributed by atoms with Crippen LogP contribution in [0.15, 0.2) is 12.1 Å². The second-order valence-electron chi connectivity index (χ2n) is 8.11. The minimum absolute atomic E-state index is 0.121. The maximum absolute atomic E-state index is 14.5. The van der Waals surface area contributed by atoms with E-state index in [1.807, 2.05) is 4.57 Å². The third-order valence-electron chi connectivity index (χ3n) is 5.14. The van der Waals surface area contributed by atoms with Crippen LogP contribution in [0.25, 0.3) is 11.0 Å². The van der Waals surface area contributed by atoms with Gasteiger partial charge in [0.15, 0.2) is 11.5 Å². The van der Waals surface area contributed by atoms with Crippen molar-refractivity contribution in [3.8, 4) is 0 Å². The van der Waals surface area contributed by atoms with E-state index in [4.69, 9.17) is 0 Å². The standard InChI is InChI=1S/C20H23FN6O2/c1-5-27-17(15(21)11(2)25-27)18(29)24-19-23-14-7-12(8-28)6-13-16(14)26(19)10-20(3,4)9-22-13/h6-8,22H,5,9-10H2,1-4H3,(H,23,24,29). The number of carbonyl (C=O) groups is 2. The van der Waals surface area contributed by atoms with Crippen molar-refractivity contribution in [3.63, 3.8) is 0 Å². The van der Waals surface area contributed by atoms with Gasteiger partial charge in [-0.25, -0.2) is 9.37 Å². The van der Waals surface area contributed by atoms with Crippen LogP contribution in [0.3, 0.4) is 0 Å². The summed E-state index contributed by atoms with van der Waals surface area (Å²) in [4.78, 5) is 28.8. The first-order chi connectivity index (χ1) is 13.7. The number of amides is 1. The number of carbonyl (C=O) groups excluding carboxylic acids is 2. The number of benzene rings is 1. The Bertz CT molecular complexity index is 1140. The number of rotatable bonds is 4. The van der Waals surface area contributed by atoms with Crippen LogP contribution in [0.1, 0.15) is 47.3 Å². The quantitative estimate of drug-likeness (QED) is 0.658. The van der Waals surface area contributed by atoms with Crippen LogP contribution in [0.4, 0.5) is 16.0 Å². The number of nitrogens with one attached hydrogen (secondary N) is 2. The summed E-state index contributed by atoms with van der Waals surface area (Å²) in [6.07, 6.45) is 0.767. The van der Waals surface area contributed by atoms with Gasteiger partial charge in [0, 0.05) is 30.6 Å². The zero-order chi connectivity index (χ0) is 20.9. The molecular formula is C20H23FN6O2. The summed E-state index contributed by atoms with van der Waals surface area (Å²) in [5.41, 5.74) is 2.58. The van der Waals surface area contributed by atoms with Gasteiger partial charge in [0.1, 0.15) is 6.29 Å². The fourth-order valence-electron chi connectivity index (χ4n) is 3.73. The number of anilines is 2. The van der Waals surface area contributed by atoms with E-state index in [9.17, 15) is 14.0 Å². The smallest absolute Gasteiger partial charge is 0.279 e. The third kappa shape index (κ3) is 3.16. The van der Waals surface area contributed by atoms with Crippen LogP contribution in [-0.4, -0.2) is 38.1 Å². The van der Waals surface area contributed by atoms with Crippen LogP contribution in [0.2, 0.25) is 0 Å². The molecule has 0 saturated carbocycles. The Morgan fingerprint density at radius 2 is 2.17 bits per heavy atom. The molecule has 0 spiro atoms. The van der Waals surface area contributed by atoms with Crippen molar-refractivity contribution < 1.29 is 14.0 Å². The highest BCUT2D eigenvalue weighted by Gasteiger charge is 2.29. The maximum Gasteiger partial charge on any atom is 0.279 e. The summed E-state index contributed by atoms with van der Waals surface area (Å²) >= 11 is 0. The molecular weight excluding hydrogens is 375 g/mol. The van der Waals surface area contributed by atoms with Gasteiger partial charge in [-0.15, -0.1) is 0 Å².